The predicted molar refractivity (Wildman–Crippen MR) is 55.6 cm³/mol. The van der Waals surface area contributed by atoms with Gasteiger partial charge in [-0.15, -0.1) is 0 Å². The number of aliphatic hydroxyl groups excluding tert-OH is 1. The van der Waals surface area contributed by atoms with E-state index in [0.717, 1.165) is 11.3 Å². The first-order valence-corrected chi connectivity index (χ1v) is 4.62. The monoisotopic (exact) mass is 204 g/mol. The van der Waals surface area contributed by atoms with Gasteiger partial charge in [0.25, 0.3) is 0 Å². The molecule has 1 heterocycles. The second-order valence-corrected chi connectivity index (χ2v) is 3.15. The standard InChI is InChI=1S/C11H12N2O2/c1-15-9-4-2-8(3-5-9)10(14)11-12-6-7-13-11/h2-7,10,14H,1H3,(H,12,13). The summed E-state index contributed by atoms with van der Waals surface area (Å²) >= 11 is 0. The number of H-pyrrole nitrogens is 1. The molecule has 4 nitrogen and oxygen atoms in total. The van der Waals surface area contributed by atoms with Crippen LogP contribution in [-0.2, 0) is 0 Å². The Bertz CT molecular complexity index is 409. The highest BCUT2D eigenvalue weighted by Gasteiger charge is 2.11. The lowest BCUT2D eigenvalue weighted by atomic mass is 10.1. The molecule has 0 fully saturated rings. The second kappa shape index (κ2) is 4.14. The molecule has 4 heteroatoms. The topological polar surface area (TPSA) is 58.1 Å². The van der Waals surface area contributed by atoms with E-state index in [2.05, 4.69) is 9.97 Å². The average Bonchev–Trinajstić information content (AvgIpc) is 2.82. The Kier molecular flexibility index (Phi) is 2.69. The van der Waals surface area contributed by atoms with Crippen LogP contribution in [0.15, 0.2) is 36.7 Å². The van der Waals surface area contributed by atoms with Crippen molar-refractivity contribution >= 4 is 0 Å². The molecule has 78 valence electrons. The van der Waals surface area contributed by atoms with Crippen LogP contribution in [0, 0.1) is 0 Å². The first-order valence-electron chi connectivity index (χ1n) is 4.62. The van der Waals surface area contributed by atoms with Gasteiger partial charge in [-0.05, 0) is 17.7 Å². The minimum Gasteiger partial charge on any atom is -0.497 e. The maximum absolute atomic E-state index is 9.91. The van der Waals surface area contributed by atoms with Crippen molar-refractivity contribution in [3.63, 3.8) is 0 Å². The van der Waals surface area contributed by atoms with Crippen LogP contribution >= 0.6 is 0 Å². The molecule has 0 saturated carbocycles. The first kappa shape index (κ1) is 9.73. The van der Waals surface area contributed by atoms with Crippen molar-refractivity contribution in [2.75, 3.05) is 7.11 Å². The van der Waals surface area contributed by atoms with Gasteiger partial charge in [-0.25, -0.2) is 4.98 Å². The maximum Gasteiger partial charge on any atom is 0.139 e. The number of methoxy groups -OCH3 is 1. The summed E-state index contributed by atoms with van der Waals surface area (Å²) in [5.41, 5.74) is 0.783. The Morgan fingerprint density at radius 1 is 1.33 bits per heavy atom. The number of hydrogen-bond donors (Lipinski definition) is 2. The number of aromatic nitrogens is 2. The molecule has 0 spiro atoms. The van der Waals surface area contributed by atoms with E-state index in [1.165, 1.54) is 0 Å². The van der Waals surface area contributed by atoms with Gasteiger partial charge in [-0.1, -0.05) is 12.1 Å². The molecule has 0 radical (unpaired) electrons. The molecule has 1 aromatic carbocycles. The van der Waals surface area contributed by atoms with Gasteiger partial charge in [-0.3, -0.25) is 0 Å². The fourth-order valence-corrected chi connectivity index (χ4v) is 1.37. The van der Waals surface area contributed by atoms with Crippen LogP contribution in [0.1, 0.15) is 17.5 Å². The number of aliphatic hydroxyl groups is 1. The first-order chi connectivity index (χ1) is 7.31. The van der Waals surface area contributed by atoms with Gasteiger partial charge in [0.05, 0.1) is 7.11 Å². The molecule has 2 N–H and O–H groups in total. The number of aromatic amines is 1. The molecular weight excluding hydrogens is 192 g/mol. The third-order valence-corrected chi connectivity index (χ3v) is 2.21. The van der Waals surface area contributed by atoms with E-state index in [9.17, 15) is 5.11 Å². The highest BCUT2D eigenvalue weighted by atomic mass is 16.5. The van der Waals surface area contributed by atoms with E-state index in [1.54, 1.807) is 19.5 Å². The zero-order valence-corrected chi connectivity index (χ0v) is 8.34. The van der Waals surface area contributed by atoms with Crippen molar-refractivity contribution in [3.8, 4) is 5.75 Å². The smallest absolute Gasteiger partial charge is 0.139 e. The third kappa shape index (κ3) is 1.99. The molecule has 1 unspecified atom stereocenters. The third-order valence-electron chi connectivity index (χ3n) is 2.21. The number of hydrogen-bond acceptors (Lipinski definition) is 3. The molecule has 2 rings (SSSR count). The minimum absolute atomic E-state index is 0.542. The molecule has 15 heavy (non-hydrogen) atoms. The Balaban J connectivity index is 2.22. The molecule has 1 atom stereocenters. The molecule has 0 saturated heterocycles. The zero-order valence-electron chi connectivity index (χ0n) is 8.34. The summed E-state index contributed by atoms with van der Waals surface area (Å²) in [5.74, 6) is 1.31. The van der Waals surface area contributed by atoms with Crippen molar-refractivity contribution in [2.45, 2.75) is 6.10 Å². The Labute approximate surface area is 87.6 Å². The van der Waals surface area contributed by atoms with Gasteiger partial charge in [0, 0.05) is 12.4 Å². The number of nitrogens with one attached hydrogen (secondary N) is 1. The van der Waals surface area contributed by atoms with Gasteiger partial charge in [0.15, 0.2) is 0 Å². The fourth-order valence-electron chi connectivity index (χ4n) is 1.37. The number of rotatable bonds is 3. The summed E-state index contributed by atoms with van der Waals surface area (Å²) in [4.78, 5) is 6.87. The van der Waals surface area contributed by atoms with E-state index >= 15 is 0 Å². The van der Waals surface area contributed by atoms with Gasteiger partial charge < -0.3 is 14.8 Å². The average molecular weight is 204 g/mol. The zero-order chi connectivity index (χ0) is 10.7. The van der Waals surface area contributed by atoms with Crippen LogP contribution in [0.4, 0.5) is 0 Å². The number of ether oxygens (including phenoxy) is 1. The Morgan fingerprint density at radius 3 is 2.60 bits per heavy atom. The van der Waals surface area contributed by atoms with Gasteiger partial charge in [0.1, 0.15) is 17.7 Å². The van der Waals surface area contributed by atoms with Crippen molar-refractivity contribution in [1.29, 1.82) is 0 Å². The quantitative estimate of drug-likeness (QED) is 0.796. The van der Waals surface area contributed by atoms with E-state index in [0.29, 0.717) is 5.82 Å². The predicted octanol–water partition coefficient (Wildman–Crippen LogP) is 1.50. The second-order valence-electron chi connectivity index (χ2n) is 3.15. The van der Waals surface area contributed by atoms with E-state index < -0.39 is 6.10 Å². The molecular formula is C11H12N2O2. The van der Waals surface area contributed by atoms with E-state index in [1.807, 2.05) is 24.3 Å². The summed E-state index contributed by atoms with van der Waals surface area (Å²) in [6, 6.07) is 7.24. The summed E-state index contributed by atoms with van der Waals surface area (Å²) in [7, 11) is 1.61. The summed E-state index contributed by atoms with van der Waals surface area (Å²) in [6.45, 7) is 0. The molecule has 0 aliphatic heterocycles. The summed E-state index contributed by atoms with van der Waals surface area (Å²) in [5, 5.41) is 9.91. The summed E-state index contributed by atoms with van der Waals surface area (Å²) in [6.07, 6.45) is 2.58. The van der Waals surface area contributed by atoms with Crippen molar-refractivity contribution < 1.29 is 9.84 Å². The maximum atomic E-state index is 9.91. The van der Waals surface area contributed by atoms with Crippen molar-refractivity contribution in [3.05, 3.63) is 48.0 Å². The van der Waals surface area contributed by atoms with Crippen LogP contribution < -0.4 is 4.74 Å². The SMILES string of the molecule is COc1ccc(C(O)c2ncc[nH]2)cc1. The molecule has 1 aromatic heterocycles. The lowest BCUT2D eigenvalue weighted by molar-refractivity contribution is 0.211. The fraction of sp³-hybridized carbons (Fsp3) is 0.182. The molecule has 2 aromatic rings. The molecule has 0 aliphatic carbocycles. The van der Waals surface area contributed by atoms with Crippen LogP contribution in [0.2, 0.25) is 0 Å². The van der Waals surface area contributed by atoms with Crippen molar-refractivity contribution in [2.24, 2.45) is 0 Å². The largest absolute Gasteiger partial charge is 0.497 e. The van der Waals surface area contributed by atoms with Gasteiger partial charge in [0.2, 0.25) is 0 Å². The molecule has 0 aliphatic rings. The van der Waals surface area contributed by atoms with Crippen LogP contribution in [0.3, 0.4) is 0 Å². The van der Waals surface area contributed by atoms with Crippen LogP contribution in [0.25, 0.3) is 0 Å². The normalized spacial score (nSPS) is 12.4. The molecule has 0 amide bonds. The van der Waals surface area contributed by atoms with Crippen LogP contribution in [0.5, 0.6) is 5.75 Å². The number of imidazole rings is 1. The van der Waals surface area contributed by atoms with Crippen LogP contribution in [-0.4, -0.2) is 22.2 Å². The van der Waals surface area contributed by atoms with Gasteiger partial charge in [-0.2, -0.15) is 0 Å². The minimum atomic E-state index is -0.717. The van der Waals surface area contributed by atoms with E-state index in [4.69, 9.17) is 4.74 Å². The highest BCUT2D eigenvalue weighted by Crippen LogP contribution is 2.21. The lowest BCUT2D eigenvalue weighted by Gasteiger charge is -2.08. The highest BCUT2D eigenvalue weighted by molar-refractivity contribution is 5.30. The number of nitrogens with zero attached hydrogens (tertiary/aromatic N) is 1. The number of benzene rings is 1. The summed E-state index contributed by atoms with van der Waals surface area (Å²) < 4.78 is 5.03. The van der Waals surface area contributed by atoms with Crippen molar-refractivity contribution in [1.82, 2.24) is 9.97 Å². The lowest BCUT2D eigenvalue weighted by Crippen LogP contribution is -2.01. The Morgan fingerprint density at radius 2 is 2.07 bits per heavy atom. The Hall–Kier alpha value is -1.81. The van der Waals surface area contributed by atoms with Gasteiger partial charge >= 0.3 is 0 Å². The molecule has 0 bridgehead atoms. The van der Waals surface area contributed by atoms with E-state index in [-0.39, 0.29) is 0 Å².